The van der Waals surface area contributed by atoms with Gasteiger partial charge in [-0.15, -0.1) is 0 Å². The number of fused-ring (bicyclic) bond motifs is 2. The predicted octanol–water partition coefficient (Wildman–Crippen LogP) is 2.55. The Hall–Kier alpha value is -1.95. The van der Waals surface area contributed by atoms with Crippen LogP contribution in [-0.4, -0.2) is 64.0 Å². The highest BCUT2D eigenvalue weighted by molar-refractivity contribution is 5.95. The molecule has 4 heterocycles. The third-order valence-corrected chi connectivity index (χ3v) is 6.40. The molecule has 3 aliphatic heterocycles. The summed E-state index contributed by atoms with van der Waals surface area (Å²) in [5.74, 6) is 0.283. The summed E-state index contributed by atoms with van der Waals surface area (Å²) in [5.41, 5.74) is 1.48. The lowest BCUT2D eigenvalue weighted by atomic mass is 9.98. The molecule has 0 aromatic carbocycles. The van der Waals surface area contributed by atoms with Crippen LogP contribution in [0.3, 0.4) is 0 Å². The summed E-state index contributed by atoms with van der Waals surface area (Å²) in [6.07, 6.45) is 8.11. The molecule has 2 bridgehead atoms. The van der Waals surface area contributed by atoms with E-state index in [1.165, 1.54) is 0 Å². The van der Waals surface area contributed by atoms with Crippen molar-refractivity contribution in [2.75, 3.05) is 13.1 Å². The lowest BCUT2D eigenvalue weighted by Crippen LogP contribution is -2.49. The van der Waals surface area contributed by atoms with Crippen LogP contribution in [0.4, 0.5) is 0 Å². The van der Waals surface area contributed by atoms with E-state index in [2.05, 4.69) is 9.88 Å². The molecule has 146 valence electrons. The maximum absolute atomic E-state index is 12.7. The maximum Gasteiger partial charge on any atom is 0.255 e. The van der Waals surface area contributed by atoms with Gasteiger partial charge in [0.2, 0.25) is 5.91 Å². The van der Waals surface area contributed by atoms with Crippen LogP contribution in [0.15, 0.2) is 18.3 Å². The number of ether oxygens (including phenoxy) is 1. The first-order valence-corrected chi connectivity index (χ1v) is 10.2. The van der Waals surface area contributed by atoms with Gasteiger partial charge in [-0.25, -0.2) is 0 Å². The Morgan fingerprint density at radius 3 is 2.33 bits per heavy atom. The van der Waals surface area contributed by atoms with E-state index in [-0.39, 0.29) is 24.0 Å². The lowest BCUT2D eigenvalue weighted by Gasteiger charge is -2.41. The van der Waals surface area contributed by atoms with Crippen molar-refractivity contribution in [1.82, 2.24) is 14.8 Å². The van der Waals surface area contributed by atoms with Gasteiger partial charge in [-0.2, -0.15) is 0 Å². The van der Waals surface area contributed by atoms with Crippen molar-refractivity contribution in [3.8, 4) is 0 Å². The van der Waals surface area contributed by atoms with Crippen LogP contribution in [0.1, 0.15) is 61.5 Å². The molecule has 2 amide bonds. The van der Waals surface area contributed by atoms with E-state index in [1.54, 1.807) is 13.1 Å². The second kappa shape index (κ2) is 7.58. The summed E-state index contributed by atoms with van der Waals surface area (Å²) in [5, 5.41) is 0. The number of carbonyl (C=O) groups is 2. The van der Waals surface area contributed by atoms with Gasteiger partial charge in [0.15, 0.2) is 0 Å². The number of piperidine rings is 2. The summed E-state index contributed by atoms with van der Waals surface area (Å²) in [7, 11) is 0. The SMILES string of the molecule is CC(=O)N1C2CCC1CC(OC1CCN(C(=O)c3cccnc3C)CC1)C2. The topological polar surface area (TPSA) is 62.7 Å². The van der Waals surface area contributed by atoms with Crippen molar-refractivity contribution >= 4 is 11.8 Å². The molecule has 4 rings (SSSR count). The van der Waals surface area contributed by atoms with Gasteiger partial charge in [-0.1, -0.05) is 0 Å². The fourth-order valence-corrected chi connectivity index (χ4v) is 5.10. The molecule has 3 fully saturated rings. The molecule has 0 radical (unpaired) electrons. The second-order valence-corrected chi connectivity index (χ2v) is 8.17. The molecule has 2 unspecified atom stereocenters. The number of likely N-dealkylation sites (tertiary alicyclic amines) is 1. The highest BCUT2D eigenvalue weighted by Gasteiger charge is 2.43. The van der Waals surface area contributed by atoms with Crippen LogP contribution >= 0.6 is 0 Å². The fraction of sp³-hybridized carbons (Fsp3) is 0.667. The Labute approximate surface area is 160 Å². The number of aromatic nitrogens is 1. The number of pyridine rings is 1. The minimum absolute atomic E-state index is 0.0758. The first kappa shape index (κ1) is 18.4. The van der Waals surface area contributed by atoms with Crippen molar-refractivity contribution in [3.63, 3.8) is 0 Å². The van der Waals surface area contributed by atoms with Gasteiger partial charge in [0.1, 0.15) is 0 Å². The third-order valence-electron chi connectivity index (χ3n) is 6.40. The summed E-state index contributed by atoms with van der Waals surface area (Å²) >= 11 is 0. The van der Waals surface area contributed by atoms with E-state index < -0.39 is 0 Å². The Bertz CT molecular complexity index is 700. The zero-order valence-electron chi connectivity index (χ0n) is 16.3. The Morgan fingerprint density at radius 1 is 1.07 bits per heavy atom. The van der Waals surface area contributed by atoms with Crippen molar-refractivity contribution in [2.45, 2.75) is 76.7 Å². The average molecular weight is 371 g/mol. The molecule has 1 aromatic rings. The first-order valence-electron chi connectivity index (χ1n) is 10.2. The molecule has 0 saturated carbocycles. The van der Waals surface area contributed by atoms with Crippen molar-refractivity contribution in [2.24, 2.45) is 0 Å². The molecule has 0 N–H and O–H groups in total. The number of nitrogens with zero attached hydrogens (tertiary/aromatic N) is 3. The molecule has 3 saturated heterocycles. The Morgan fingerprint density at radius 2 is 1.74 bits per heavy atom. The quantitative estimate of drug-likeness (QED) is 0.819. The average Bonchev–Trinajstić information content (AvgIpc) is 2.94. The first-order chi connectivity index (χ1) is 13.0. The van der Waals surface area contributed by atoms with Crippen molar-refractivity contribution < 1.29 is 14.3 Å². The molecular formula is C21H29N3O3. The van der Waals surface area contributed by atoms with Gasteiger partial charge < -0.3 is 14.5 Å². The normalized spacial score (nSPS) is 28.4. The number of hydrogen-bond donors (Lipinski definition) is 0. The molecule has 3 aliphatic rings. The predicted molar refractivity (Wildman–Crippen MR) is 101 cm³/mol. The monoisotopic (exact) mass is 371 g/mol. The van der Waals surface area contributed by atoms with Crippen molar-refractivity contribution in [1.29, 1.82) is 0 Å². The van der Waals surface area contributed by atoms with Gasteiger partial charge >= 0.3 is 0 Å². The molecule has 0 aliphatic carbocycles. The van der Waals surface area contributed by atoms with E-state index in [9.17, 15) is 9.59 Å². The number of carbonyl (C=O) groups excluding carboxylic acids is 2. The molecule has 0 spiro atoms. The summed E-state index contributed by atoms with van der Waals surface area (Å²) in [6, 6.07) is 4.40. The largest absolute Gasteiger partial charge is 0.375 e. The second-order valence-electron chi connectivity index (χ2n) is 8.17. The van der Waals surface area contributed by atoms with E-state index >= 15 is 0 Å². The van der Waals surface area contributed by atoms with Crippen molar-refractivity contribution in [3.05, 3.63) is 29.6 Å². The van der Waals surface area contributed by atoms with Gasteiger partial charge in [0, 0.05) is 44.0 Å². The highest BCUT2D eigenvalue weighted by atomic mass is 16.5. The van der Waals surface area contributed by atoms with E-state index in [0.717, 1.165) is 57.3 Å². The van der Waals surface area contributed by atoms with Crippen LogP contribution < -0.4 is 0 Å². The van der Waals surface area contributed by atoms with Crippen LogP contribution in [-0.2, 0) is 9.53 Å². The molecule has 1 aromatic heterocycles. The highest BCUT2D eigenvalue weighted by Crippen LogP contribution is 2.37. The maximum atomic E-state index is 12.7. The number of aryl methyl sites for hydroxylation is 1. The Kier molecular flexibility index (Phi) is 5.17. The summed E-state index contributed by atoms with van der Waals surface area (Å²) in [6.45, 7) is 5.03. The van der Waals surface area contributed by atoms with E-state index in [1.807, 2.05) is 24.0 Å². The summed E-state index contributed by atoms with van der Waals surface area (Å²) < 4.78 is 6.41. The van der Waals surface area contributed by atoms with Crippen LogP contribution in [0.5, 0.6) is 0 Å². The molecule has 6 heteroatoms. The smallest absolute Gasteiger partial charge is 0.255 e. The minimum Gasteiger partial charge on any atom is -0.375 e. The lowest BCUT2D eigenvalue weighted by molar-refractivity contribution is -0.138. The molecule has 6 nitrogen and oxygen atoms in total. The summed E-state index contributed by atoms with van der Waals surface area (Å²) in [4.78, 5) is 32.8. The molecule has 27 heavy (non-hydrogen) atoms. The van der Waals surface area contributed by atoms with Gasteiger partial charge in [-0.3, -0.25) is 14.6 Å². The molecular weight excluding hydrogens is 342 g/mol. The van der Waals surface area contributed by atoms with E-state index in [0.29, 0.717) is 17.6 Å². The molecule has 2 atom stereocenters. The third kappa shape index (κ3) is 3.72. The number of hydrogen-bond acceptors (Lipinski definition) is 4. The van der Waals surface area contributed by atoms with Gasteiger partial charge in [-0.05, 0) is 57.6 Å². The fourth-order valence-electron chi connectivity index (χ4n) is 5.10. The minimum atomic E-state index is 0.0758. The number of rotatable bonds is 3. The van der Waals surface area contributed by atoms with Crippen LogP contribution in [0.25, 0.3) is 0 Å². The number of amides is 2. The van der Waals surface area contributed by atoms with E-state index in [4.69, 9.17) is 4.74 Å². The zero-order chi connectivity index (χ0) is 19.0. The van der Waals surface area contributed by atoms with Gasteiger partial charge in [0.05, 0.1) is 17.8 Å². The standard InChI is InChI=1S/C21H29N3O3/c1-14-20(4-3-9-22-14)21(26)23-10-7-18(8-11-23)27-19-12-16-5-6-17(13-19)24(16)15(2)25/h3-4,9,16-19H,5-8,10-13H2,1-2H3. The zero-order valence-corrected chi connectivity index (χ0v) is 16.3. The Balaban J connectivity index is 1.29. The van der Waals surface area contributed by atoms with Crippen LogP contribution in [0.2, 0.25) is 0 Å². The van der Waals surface area contributed by atoms with Gasteiger partial charge in [0.25, 0.3) is 5.91 Å². The van der Waals surface area contributed by atoms with Crippen LogP contribution in [0, 0.1) is 6.92 Å².